The summed E-state index contributed by atoms with van der Waals surface area (Å²) >= 11 is 0. The van der Waals surface area contributed by atoms with Gasteiger partial charge in [-0.05, 0) is 25.6 Å². The van der Waals surface area contributed by atoms with E-state index >= 15 is 0 Å². The van der Waals surface area contributed by atoms with Gasteiger partial charge in [-0.15, -0.1) is 0 Å². The van der Waals surface area contributed by atoms with Crippen molar-refractivity contribution in [2.24, 2.45) is 0 Å². The number of hydrogen-bond acceptors (Lipinski definition) is 5. The normalized spacial score (nSPS) is 23.4. The zero-order valence-corrected chi connectivity index (χ0v) is 13.7. The molecule has 1 aromatic rings. The molecule has 1 spiro atoms. The molecule has 2 aliphatic rings. The fraction of sp³-hybridized carbons (Fsp3) is 0.562. The van der Waals surface area contributed by atoms with E-state index in [1.807, 2.05) is 24.9 Å². The number of likely N-dealkylation sites (N-methyl/N-ethyl adjacent to an activating group) is 2. The van der Waals surface area contributed by atoms with Crippen molar-refractivity contribution in [3.63, 3.8) is 0 Å². The number of aromatic nitrogens is 1. The highest BCUT2D eigenvalue weighted by molar-refractivity contribution is 5.94. The van der Waals surface area contributed by atoms with Crippen LogP contribution in [0.2, 0.25) is 0 Å². The van der Waals surface area contributed by atoms with E-state index < -0.39 is 0 Å². The molecule has 1 aromatic heterocycles. The molecule has 0 aromatic carbocycles. The largest absolute Gasteiger partial charge is 0.368 e. The van der Waals surface area contributed by atoms with Crippen LogP contribution in [-0.4, -0.2) is 78.6 Å². The lowest BCUT2D eigenvalue weighted by molar-refractivity contribution is -0.187. The van der Waals surface area contributed by atoms with E-state index in [0.717, 1.165) is 5.56 Å². The molecule has 7 heteroatoms. The molecule has 0 unspecified atom stereocenters. The molecule has 2 saturated heterocycles. The molecular weight excluding hydrogens is 296 g/mol. The minimum absolute atomic E-state index is 0.0218. The molecule has 7 nitrogen and oxygen atoms in total. The topological polar surface area (TPSA) is 74.8 Å². The average Bonchev–Trinajstić information content (AvgIpc) is 2.51. The lowest BCUT2D eigenvalue weighted by Crippen LogP contribution is -2.73. The van der Waals surface area contributed by atoms with Crippen LogP contribution in [0.1, 0.15) is 15.9 Å². The van der Waals surface area contributed by atoms with E-state index in [2.05, 4.69) is 10.3 Å². The number of hydrogen-bond donors (Lipinski definition) is 1. The second-order valence-electron chi connectivity index (χ2n) is 6.45. The van der Waals surface area contributed by atoms with Gasteiger partial charge in [0.05, 0.1) is 25.3 Å². The van der Waals surface area contributed by atoms with Gasteiger partial charge in [-0.3, -0.25) is 19.5 Å². The molecule has 0 saturated carbocycles. The summed E-state index contributed by atoms with van der Waals surface area (Å²) in [6.07, 6.45) is 3.32. The first-order valence-electron chi connectivity index (χ1n) is 7.71. The van der Waals surface area contributed by atoms with E-state index in [1.54, 1.807) is 24.3 Å². The van der Waals surface area contributed by atoms with E-state index in [1.165, 1.54) is 0 Å². The monoisotopic (exact) mass is 318 g/mol. The Morgan fingerprint density at radius 1 is 1.35 bits per heavy atom. The number of morpholine rings is 1. The molecule has 2 aliphatic heterocycles. The Kier molecular flexibility index (Phi) is 4.08. The van der Waals surface area contributed by atoms with Gasteiger partial charge in [0.15, 0.2) is 0 Å². The van der Waals surface area contributed by atoms with Crippen molar-refractivity contribution in [3.05, 3.63) is 29.6 Å². The van der Waals surface area contributed by atoms with Crippen molar-refractivity contribution < 1.29 is 14.3 Å². The highest BCUT2D eigenvalue weighted by Crippen LogP contribution is 2.31. The summed E-state index contributed by atoms with van der Waals surface area (Å²) in [7, 11) is 3.54. The van der Waals surface area contributed by atoms with Crippen LogP contribution in [0.4, 0.5) is 0 Å². The van der Waals surface area contributed by atoms with Gasteiger partial charge in [-0.2, -0.15) is 0 Å². The molecule has 3 heterocycles. The maximum absolute atomic E-state index is 12.5. The highest BCUT2D eigenvalue weighted by atomic mass is 16.5. The molecule has 2 fully saturated rings. The number of carbonyl (C=O) groups excluding carboxylic acids is 2. The fourth-order valence-electron chi connectivity index (χ4n) is 3.27. The second kappa shape index (κ2) is 5.90. The second-order valence-corrected chi connectivity index (χ2v) is 6.45. The smallest absolute Gasteiger partial charge is 0.255 e. The molecule has 0 radical (unpaired) electrons. The van der Waals surface area contributed by atoms with Gasteiger partial charge in [0.2, 0.25) is 5.91 Å². The summed E-state index contributed by atoms with van der Waals surface area (Å²) in [5.74, 6) is -0.0630. The number of pyridine rings is 1. The number of ether oxygens (including phenoxy) is 1. The van der Waals surface area contributed by atoms with Crippen LogP contribution in [-0.2, 0) is 9.53 Å². The van der Waals surface area contributed by atoms with Crippen molar-refractivity contribution in [1.29, 1.82) is 0 Å². The van der Waals surface area contributed by atoms with E-state index in [0.29, 0.717) is 31.8 Å². The van der Waals surface area contributed by atoms with Crippen molar-refractivity contribution >= 4 is 11.8 Å². The van der Waals surface area contributed by atoms with Gasteiger partial charge in [0.25, 0.3) is 5.91 Å². The van der Waals surface area contributed by atoms with Gasteiger partial charge in [-0.1, -0.05) is 0 Å². The van der Waals surface area contributed by atoms with Gasteiger partial charge in [0.1, 0.15) is 11.6 Å². The predicted molar refractivity (Wildman–Crippen MR) is 84.0 cm³/mol. The van der Waals surface area contributed by atoms with Gasteiger partial charge in [0, 0.05) is 26.0 Å². The number of aryl methyl sites for hydroxylation is 1. The third-order valence-electron chi connectivity index (χ3n) is 4.53. The summed E-state index contributed by atoms with van der Waals surface area (Å²) in [6.45, 7) is 4.00. The first-order chi connectivity index (χ1) is 10.9. The van der Waals surface area contributed by atoms with Gasteiger partial charge < -0.3 is 15.0 Å². The van der Waals surface area contributed by atoms with Crippen LogP contribution in [0.5, 0.6) is 0 Å². The lowest BCUT2D eigenvalue weighted by atomic mass is 9.90. The van der Waals surface area contributed by atoms with Crippen molar-refractivity contribution in [2.75, 3.05) is 40.3 Å². The zero-order chi connectivity index (χ0) is 16.6. The Morgan fingerprint density at radius 2 is 2.09 bits per heavy atom. The number of nitrogens with zero attached hydrogens (tertiary/aromatic N) is 3. The summed E-state index contributed by atoms with van der Waals surface area (Å²) < 4.78 is 5.94. The number of rotatable bonds is 2. The van der Waals surface area contributed by atoms with E-state index in [9.17, 15) is 9.59 Å². The van der Waals surface area contributed by atoms with Crippen LogP contribution >= 0.6 is 0 Å². The van der Waals surface area contributed by atoms with Gasteiger partial charge in [-0.25, -0.2) is 0 Å². The van der Waals surface area contributed by atoms with E-state index in [-0.39, 0.29) is 23.5 Å². The highest BCUT2D eigenvalue weighted by Gasteiger charge is 2.51. The maximum atomic E-state index is 12.5. The molecule has 2 amide bonds. The van der Waals surface area contributed by atoms with Crippen molar-refractivity contribution in [3.8, 4) is 0 Å². The predicted octanol–water partition coefficient (Wildman–Crippen LogP) is -0.339. The van der Waals surface area contributed by atoms with Crippen LogP contribution in [0.3, 0.4) is 0 Å². The van der Waals surface area contributed by atoms with Crippen LogP contribution in [0.15, 0.2) is 18.5 Å². The molecular formula is C16H22N4O3. The Bertz CT molecular complexity index is 628. The van der Waals surface area contributed by atoms with Crippen molar-refractivity contribution in [2.45, 2.75) is 18.6 Å². The first-order valence-corrected chi connectivity index (χ1v) is 7.71. The number of carbonyl (C=O) groups is 2. The Balaban J connectivity index is 1.61. The molecule has 1 atom stereocenters. The summed E-state index contributed by atoms with van der Waals surface area (Å²) in [5.41, 5.74) is 1.21. The minimum Gasteiger partial charge on any atom is -0.368 e. The first kappa shape index (κ1) is 15.9. The number of nitrogens with one attached hydrogen (secondary N) is 1. The Morgan fingerprint density at radius 3 is 2.70 bits per heavy atom. The third kappa shape index (κ3) is 2.94. The average molecular weight is 318 g/mol. The Labute approximate surface area is 135 Å². The minimum atomic E-state index is -0.355. The molecule has 23 heavy (non-hydrogen) atoms. The summed E-state index contributed by atoms with van der Waals surface area (Å²) in [6, 6.07) is 1.58. The van der Waals surface area contributed by atoms with Crippen LogP contribution in [0.25, 0.3) is 0 Å². The van der Waals surface area contributed by atoms with Crippen LogP contribution < -0.4 is 5.32 Å². The number of likely N-dealkylation sites (tertiary alicyclic amines) is 1. The molecule has 1 N–H and O–H groups in total. The third-order valence-corrected chi connectivity index (χ3v) is 4.53. The summed E-state index contributed by atoms with van der Waals surface area (Å²) in [5, 5.41) is 2.65. The quantitative estimate of drug-likeness (QED) is 0.808. The molecule has 0 bridgehead atoms. The number of amides is 2. The molecule has 124 valence electrons. The van der Waals surface area contributed by atoms with Crippen LogP contribution in [0, 0.1) is 6.92 Å². The SMILES string of the molecule is CNC(=O)[C@H]1COC2(CN(C(=O)c3cncc(C)c3)C2)CN1C. The van der Waals surface area contributed by atoms with Crippen molar-refractivity contribution in [1.82, 2.24) is 20.1 Å². The standard InChI is InChI=1S/C16H22N4O3/c1-11-4-12(6-18-5-11)15(22)20-9-16(10-20)8-19(3)13(7-23-16)14(21)17-2/h4-6,13H,7-10H2,1-3H3,(H,17,21)/t13-/m1/s1. The van der Waals surface area contributed by atoms with Gasteiger partial charge >= 0.3 is 0 Å². The van der Waals surface area contributed by atoms with E-state index in [4.69, 9.17) is 4.74 Å². The zero-order valence-electron chi connectivity index (χ0n) is 13.7. The molecule has 3 rings (SSSR count). The fourth-order valence-corrected chi connectivity index (χ4v) is 3.27. The Hall–Kier alpha value is -1.99. The molecule has 0 aliphatic carbocycles. The lowest BCUT2D eigenvalue weighted by Gasteiger charge is -2.54. The summed E-state index contributed by atoms with van der Waals surface area (Å²) in [4.78, 5) is 32.1. The maximum Gasteiger partial charge on any atom is 0.255 e.